The van der Waals surface area contributed by atoms with E-state index in [9.17, 15) is 4.79 Å². The van der Waals surface area contributed by atoms with E-state index in [4.69, 9.17) is 14.2 Å². The molecule has 1 saturated heterocycles. The van der Waals surface area contributed by atoms with Gasteiger partial charge in [0.25, 0.3) is 5.91 Å². The van der Waals surface area contributed by atoms with Gasteiger partial charge in [0.2, 0.25) is 0 Å². The van der Waals surface area contributed by atoms with Crippen molar-refractivity contribution >= 4 is 5.91 Å². The molecule has 2 aliphatic heterocycles. The Kier molecular flexibility index (Phi) is 2.63. The lowest BCUT2D eigenvalue weighted by molar-refractivity contribution is -0.0716. The first kappa shape index (κ1) is 11.3. The first-order chi connectivity index (χ1) is 8.77. The summed E-state index contributed by atoms with van der Waals surface area (Å²) in [5, 5.41) is 0. The highest BCUT2D eigenvalue weighted by atomic mass is 16.5. The molecule has 1 fully saturated rings. The number of methoxy groups -OCH3 is 2. The second kappa shape index (κ2) is 4.17. The molecule has 2 heterocycles. The van der Waals surface area contributed by atoms with Crippen molar-refractivity contribution in [3.8, 4) is 11.5 Å². The van der Waals surface area contributed by atoms with Gasteiger partial charge in [0, 0.05) is 12.1 Å². The molecule has 3 rings (SSSR count). The highest BCUT2D eigenvalue weighted by Crippen LogP contribution is 2.44. The van der Waals surface area contributed by atoms with Crippen LogP contribution in [0.15, 0.2) is 12.1 Å². The van der Waals surface area contributed by atoms with E-state index < -0.39 is 0 Å². The van der Waals surface area contributed by atoms with E-state index in [0.29, 0.717) is 23.7 Å². The van der Waals surface area contributed by atoms with Crippen molar-refractivity contribution in [3.63, 3.8) is 0 Å². The van der Waals surface area contributed by atoms with Crippen molar-refractivity contribution < 1.29 is 19.0 Å². The summed E-state index contributed by atoms with van der Waals surface area (Å²) in [5.41, 5.74) is 1.45. The summed E-state index contributed by atoms with van der Waals surface area (Å²) in [6.07, 6.45) is 0.608. The highest BCUT2D eigenvalue weighted by Gasteiger charge is 2.42. The molecule has 5 nitrogen and oxygen atoms in total. The van der Waals surface area contributed by atoms with Crippen LogP contribution >= 0.6 is 0 Å². The molecule has 0 aromatic heterocycles. The average Bonchev–Trinajstić information content (AvgIpc) is 2.72. The summed E-state index contributed by atoms with van der Waals surface area (Å²) in [6.45, 7) is 1.41. The van der Waals surface area contributed by atoms with Crippen molar-refractivity contribution in [1.29, 1.82) is 0 Å². The van der Waals surface area contributed by atoms with E-state index in [1.54, 1.807) is 19.1 Å². The van der Waals surface area contributed by atoms with Gasteiger partial charge in [-0.2, -0.15) is 0 Å². The normalized spacial score (nSPS) is 21.6. The third kappa shape index (κ3) is 1.40. The number of hydrogen-bond acceptors (Lipinski definition) is 4. The maximum absolute atomic E-state index is 12.4. The molecule has 2 aliphatic rings. The lowest BCUT2D eigenvalue weighted by Gasteiger charge is -2.29. The van der Waals surface area contributed by atoms with Gasteiger partial charge in [-0.05, 0) is 18.6 Å². The van der Waals surface area contributed by atoms with Crippen LogP contribution < -0.4 is 9.47 Å². The third-order valence-electron chi connectivity index (χ3n) is 3.42. The summed E-state index contributed by atoms with van der Waals surface area (Å²) < 4.78 is 16.2. The predicted octanol–water partition coefficient (Wildman–Crippen LogP) is 1.58. The Labute approximate surface area is 105 Å². The standard InChI is InChI=1S/C13H15NO4/c1-16-9-5-4-8-10(11(9)17-2)12(15)14-6-3-7-18-13(8)14/h4-5,13H,3,6-7H2,1-2H3/t13-/m1/s1. The molecule has 0 unspecified atom stereocenters. The van der Waals surface area contributed by atoms with Crippen molar-refractivity contribution in [2.75, 3.05) is 27.4 Å². The molecule has 0 radical (unpaired) electrons. The third-order valence-corrected chi connectivity index (χ3v) is 3.42. The van der Waals surface area contributed by atoms with Gasteiger partial charge in [-0.3, -0.25) is 4.79 Å². The fraction of sp³-hybridized carbons (Fsp3) is 0.462. The van der Waals surface area contributed by atoms with Crippen LogP contribution in [0.3, 0.4) is 0 Å². The van der Waals surface area contributed by atoms with Gasteiger partial charge in [0.1, 0.15) is 0 Å². The molecule has 0 spiro atoms. The Hall–Kier alpha value is -1.75. The Morgan fingerprint density at radius 2 is 2.17 bits per heavy atom. The quantitative estimate of drug-likeness (QED) is 0.798. The molecule has 1 atom stereocenters. The lowest BCUT2D eigenvalue weighted by atomic mass is 10.1. The molecule has 1 amide bonds. The van der Waals surface area contributed by atoms with Gasteiger partial charge in [-0.15, -0.1) is 0 Å². The maximum atomic E-state index is 12.4. The smallest absolute Gasteiger partial charge is 0.260 e. The zero-order valence-corrected chi connectivity index (χ0v) is 10.4. The van der Waals surface area contributed by atoms with Crippen molar-refractivity contribution in [1.82, 2.24) is 4.90 Å². The number of carbonyl (C=O) groups is 1. The Morgan fingerprint density at radius 3 is 2.89 bits per heavy atom. The first-order valence-corrected chi connectivity index (χ1v) is 5.95. The minimum absolute atomic E-state index is 0.0366. The average molecular weight is 249 g/mol. The SMILES string of the molecule is COc1ccc2c(c1OC)C(=O)N1CCCO[C@H]21. The van der Waals surface area contributed by atoms with Crippen LogP contribution in [0.5, 0.6) is 11.5 Å². The molecular formula is C13H15NO4. The molecule has 1 aromatic carbocycles. The van der Waals surface area contributed by atoms with E-state index in [-0.39, 0.29) is 12.1 Å². The molecule has 1 aromatic rings. The largest absolute Gasteiger partial charge is 0.493 e. The lowest BCUT2D eigenvalue weighted by Crippen LogP contribution is -2.35. The van der Waals surface area contributed by atoms with Crippen LogP contribution in [0.2, 0.25) is 0 Å². The number of ether oxygens (including phenoxy) is 3. The molecule has 0 N–H and O–H groups in total. The molecule has 0 aliphatic carbocycles. The summed E-state index contributed by atoms with van der Waals surface area (Å²) in [7, 11) is 3.11. The van der Waals surface area contributed by atoms with E-state index in [1.807, 2.05) is 12.1 Å². The molecule has 0 bridgehead atoms. The number of carbonyl (C=O) groups excluding carboxylic acids is 1. The highest BCUT2D eigenvalue weighted by molar-refractivity contribution is 6.02. The number of hydrogen-bond donors (Lipinski definition) is 0. The van der Waals surface area contributed by atoms with Gasteiger partial charge in [-0.25, -0.2) is 0 Å². The number of fused-ring (bicyclic) bond motifs is 3. The zero-order chi connectivity index (χ0) is 12.7. The molecule has 96 valence electrons. The number of nitrogens with zero attached hydrogens (tertiary/aromatic N) is 1. The minimum atomic E-state index is -0.263. The maximum Gasteiger partial charge on any atom is 0.260 e. The van der Waals surface area contributed by atoms with Gasteiger partial charge in [-0.1, -0.05) is 0 Å². The van der Waals surface area contributed by atoms with E-state index in [2.05, 4.69) is 0 Å². The van der Waals surface area contributed by atoms with Crippen LogP contribution in [0, 0.1) is 0 Å². The Balaban J connectivity index is 2.15. The fourth-order valence-electron chi connectivity index (χ4n) is 2.61. The number of amides is 1. The van der Waals surface area contributed by atoms with E-state index in [1.165, 1.54) is 0 Å². The van der Waals surface area contributed by atoms with Gasteiger partial charge in [0.05, 0.1) is 26.4 Å². The van der Waals surface area contributed by atoms with Gasteiger partial charge >= 0.3 is 0 Å². The summed E-state index contributed by atoms with van der Waals surface area (Å²) in [5.74, 6) is 1.04. The minimum Gasteiger partial charge on any atom is -0.493 e. The zero-order valence-electron chi connectivity index (χ0n) is 10.4. The Bertz CT molecular complexity index is 500. The summed E-state index contributed by atoms with van der Waals surface area (Å²) in [4.78, 5) is 14.1. The van der Waals surface area contributed by atoms with Crippen LogP contribution in [-0.2, 0) is 4.74 Å². The van der Waals surface area contributed by atoms with Crippen molar-refractivity contribution in [3.05, 3.63) is 23.3 Å². The van der Waals surface area contributed by atoms with Crippen molar-refractivity contribution in [2.45, 2.75) is 12.6 Å². The second-order valence-corrected chi connectivity index (χ2v) is 4.34. The van der Waals surface area contributed by atoms with Crippen LogP contribution in [0.4, 0.5) is 0 Å². The molecular weight excluding hydrogens is 234 g/mol. The first-order valence-electron chi connectivity index (χ1n) is 5.95. The summed E-state index contributed by atoms with van der Waals surface area (Å²) >= 11 is 0. The molecule has 5 heteroatoms. The number of rotatable bonds is 2. The van der Waals surface area contributed by atoms with Gasteiger partial charge < -0.3 is 19.1 Å². The molecule has 18 heavy (non-hydrogen) atoms. The van der Waals surface area contributed by atoms with Crippen LogP contribution in [0.25, 0.3) is 0 Å². The van der Waals surface area contributed by atoms with Crippen LogP contribution in [0.1, 0.15) is 28.6 Å². The summed E-state index contributed by atoms with van der Waals surface area (Å²) in [6, 6.07) is 3.69. The van der Waals surface area contributed by atoms with E-state index >= 15 is 0 Å². The van der Waals surface area contributed by atoms with Crippen LogP contribution in [-0.4, -0.2) is 38.2 Å². The Morgan fingerprint density at radius 1 is 1.33 bits per heavy atom. The van der Waals surface area contributed by atoms with Crippen molar-refractivity contribution in [2.24, 2.45) is 0 Å². The second-order valence-electron chi connectivity index (χ2n) is 4.34. The van der Waals surface area contributed by atoms with E-state index in [0.717, 1.165) is 18.5 Å². The number of benzene rings is 1. The predicted molar refractivity (Wildman–Crippen MR) is 63.9 cm³/mol. The topological polar surface area (TPSA) is 48.0 Å². The fourth-order valence-corrected chi connectivity index (χ4v) is 2.61. The monoisotopic (exact) mass is 249 g/mol. The molecule has 0 saturated carbocycles. The van der Waals surface area contributed by atoms with Gasteiger partial charge in [0.15, 0.2) is 17.7 Å².